The zero-order valence-electron chi connectivity index (χ0n) is 19.7. The minimum atomic E-state index is -0.348. The van der Waals surface area contributed by atoms with Crippen molar-refractivity contribution in [3.63, 3.8) is 0 Å². The Morgan fingerprint density at radius 2 is 1.71 bits per heavy atom. The second-order valence-corrected chi connectivity index (χ2v) is 9.56. The van der Waals surface area contributed by atoms with Gasteiger partial charge < -0.3 is 10.2 Å². The number of halogens is 1. The summed E-state index contributed by atoms with van der Waals surface area (Å²) in [7, 11) is 0. The molecule has 1 fully saturated rings. The molecule has 2 heterocycles. The van der Waals surface area contributed by atoms with Crippen molar-refractivity contribution in [3.05, 3.63) is 59.9 Å². The van der Waals surface area contributed by atoms with E-state index in [9.17, 15) is 14.0 Å². The summed E-state index contributed by atoms with van der Waals surface area (Å²) in [5.41, 5.74) is 2.64. The van der Waals surface area contributed by atoms with Gasteiger partial charge >= 0.3 is 0 Å². The summed E-state index contributed by atoms with van der Waals surface area (Å²) in [5, 5.41) is 15.2. The second-order valence-electron chi connectivity index (χ2n) is 8.62. The molecule has 0 aliphatic carbocycles. The van der Waals surface area contributed by atoms with Crippen LogP contribution in [0, 0.1) is 5.82 Å². The second kappa shape index (κ2) is 11.4. The summed E-state index contributed by atoms with van der Waals surface area (Å²) in [5.74, 6) is 0.165. The van der Waals surface area contributed by atoms with Gasteiger partial charge in [-0.3, -0.25) is 14.5 Å². The Morgan fingerprint density at radius 3 is 2.37 bits per heavy atom. The SMILES string of the molecule is CC(C)c1ccc(-n2nnnc2SCC(=O)N2CCN(CC(=O)Nc3ccc(F)cc3)CC2)cc1. The van der Waals surface area contributed by atoms with Crippen molar-refractivity contribution >= 4 is 29.3 Å². The van der Waals surface area contributed by atoms with E-state index < -0.39 is 0 Å². The number of piperazine rings is 1. The third-order valence-corrected chi connectivity index (χ3v) is 6.69. The van der Waals surface area contributed by atoms with Gasteiger partial charge in [0.15, 0.2) is 0 Å². The predicted octanol–water partition coefficient (Wildman–Crippen LogP) is 2.80. The number of carbonyl (C=O) groups excluding carboxylic acids is 2. The summed E-state index contributed by atoms with van der Waals surface area (Å²) >= 11 is 1.31. The zero-order chi connectivity index (χ0) is 24.8. The summed E-state index contributed by atoms with van der Waals surface area (Å²) in [6.07, 6.45) is 0. The molecule has 2 amide bonds. The van der Waals surface area contributed by atoms with Crippen LogP contribution in [0.5, 0.6) is 0 Å². The standard InChI is InChI=1S/C24H28FN7O2S/c1-17(2)18-3-9-21(10-4-18)32-24(27-28-29-32)35-16-23(34)31-13-11-30(12-14-31)15-22(33)26-20-7-5-19(25)6-8-20/h3-10,17H,11-16H2,1-2H3,(H,26,33). The van der Waals surface area contributed by atoms with Gasteiger partial charge in [-0.2, -0.15) is 4.68 Å². The van der Waals surface area contributed by atoms with Gasteiger partial charge in [0, 0.05) is 31.9 Å². The molecule has 2 aromatic carbocycles. The molecule has 0 unspecified atom stereocenters. The normalized spacial score (nSPS) is 14.3. The molecule has 0 spiro atoms. The lowest BCUT2D eigenvalue weighted by Crippen LogP contribution is -2.50. The molecule has 0 radical (unpaired) electrons. The quantitative estimate of drug-likeness (QED) is 0.478. The Hall–Kier alpha value is -3.31. The van der Waals surface area contributed by atoms with Gasteiger partial charge in [0.25, 0.3) is 0 Å². The average molecular weight is 498 g/mol. The van der Waals surface area contributed by atoms with E-state index in [4.69, 9.17) is 0 Å². The van der Waals surface area contributed by atoms with Crippen LogP contribution < -0.4 is 5.32 Å². The smallest absolute Gasteiger partial charge is 0.238 e. The minimum absolute atomic E-state index is 0.00937. The van der Waals surface area contributed by atoms with Gasteiger partial charge in [-0.15, -0.1) is 5.10 Å². The maximum Gasteiger partial charge on any atom is 0.238 e. The van der Waals surface area contributed by atoms with E-state index >= 15 is 0 Å². The Bertz CT molecular complexity index is 1140. The van der Waals surface area contributed by atoms with Crippen LogP contribution in [0.2, 0.25) is 0 Å². The van der Waals surface area contributed by atoms with Crippen LogP contribution in [-0.2, 0) is 9.59 Å². The molecule has 0 saturated carbocycles. The van der Waals surface area contributed by atoms with Crippen LogP contribution in [-0.4, -0.2) is 80.3 Å². The molecule has 3 aromatic rings. The fourth-order valence-corrected chi connectivity index (χ4v) is 4.53. The Balaban J connectivity index is 1.23. The van der Waals surface area contributed by atoms with E-state index in [1.54, 1.807) is 9.58 Å². The van der Waals surface area contributed by atoms with Crippen molar-refractivity contribution in [1.29, 1.82) is 0 Å². The number of carbonyl (C=O) groups is 2. The molecule has 1 saturated heterocycles. The lowest BCUT2D eigenvalue weighted by molar-refractivity contribution is -0.130. The molecule has 184 valence electrons. The molecule has 4 rings (SSSR count). The van der Waals surface area contributed by atoms with E-state index in [-0.39, 0.29) is 29.9 Å². The van der Waals surface area contributed by atoms with Gasteiger partial charge in [-0.1, -0.05) is 37.7 Å². The van der Waals surface area contributed by atoms with E-state index in [1.165, 1.54) is 41.6 Å². The van der Waals surface area contributed by atoms with Crippen LogP contribution >= 0.6 is 11.8 Å². The van der Waals surface area contributed by atoms with Crippen LogP contribution in [0.1, 0.15) is 25.3 Å². The van der Waals surface area contributed by atoms with E-state index in [1.807, 2.05) is 17.0 Å². The van der Waals surface area contributed by atoms with Crippen molar-refractivity contribution < 1.29 is 14.0 Å². The molecule has 1 aliphatic heterocycles. The Kier molecular flexibility index (Phi) is 8.09. The van der Waals surface area contributed by atoms with Gasteiger partial charge in [0.2, 0.25) is 17.0 Å². The Labute approximate surface area is 207 Å². The number of hydrogen-bond donors (Lipinski definition) is 1. The summed E-state index contributed by atoms with van der Waals surface area (Å²) in [6.45, 7) is 6.80. The largest absolute Gasteiger partial charge is 0.339 e. The van der Waals surface area contributed by atoms with Crippen LogP contribution in [0.4, 0.5) is 10.1 Å². The molecule has 1 aliphatic rings. The fourth-order valence-electron chi connectivity index (χ4n) is 3.74. The monoisotopic (exact) mass is 497 g/mol. The summed E-state index contributed by atoms with van der Waals surface area (Å²) in [6, 6.07) is 13.7. The number of hydrogen-bond acceptors (Lipinski definition) is 7. The highest BCUT2D eigenvalue weighted by atomic mass is 32.2. The molecule has 1 N–H and O–H groups in total. The highest BCUT2D eigenvalue weighted by molar-refractivity contribution is 7.99. The lowest BCUT2D eigenvalue weighted by atomic mass is 10.0. The average Bonchev–Trinajstić information content (AvgIpc) is 3.33. The van der Waals surface area contributed by atoms with Gasteiger partial charge in [-0.25, -0.2) is 4.39 Å². The van der Waals surface area contributed by atoms with E-state index in [0.29, 0.717) is 42.9 Å². The Morgan fingerprint density at radius 1 is 1.03 bits per heavy atom. The summed E-state index contributed by atoms with van der Waals surface area (Å²) in [4.78, 5) is 28.8. The van der Waals surface area contributed by atoms with Crippen LogP contribution in [0.3, 0.4) is 0 Å². The topological polar surface area (TPSA) is 96.2 Å². The fraction of sp³-hybridized carbons (Fsp3) is 0.375. The molecular weight excluding hydrogens is 469 g/mol. The van der Waals surface area contributed by atoms with Crippen molar-refractivity contribution in [2.45, 2.75) is 24.9 Å². The number of nitrogens with zero attached hydrogens (tertiary/aromatic N) is 6. The number of aromatic nitrogens is 4. The van der Waals surface area contributed by atoms with Gasteiger partial charge in [0.05, 0.1) is 18.0 Å². The first kappa shape index (κ1) is 24.8. The van der Waals surface area contributed by atoms with Crippen molar-refractivity contribution in [2.75, 3.05) is 43.8 Å². The number of thioether (sulfide) groups is 1. The maximum absolute atomic E-state index is 13.0. The molecule has 11 heteroatoms. The molecule has 1 aromatic heterocycles. The minimum Gasteiger partial charge on any atom is -0.339 e. The third-order valence-electron chi connectivity index (χ3n) is 5.79. The molecule has 9 nitrogen and oxygen atoms in total. The zero-order valence-corrected chi connectivity index (χ0v) is 20.5. The lowest BCUT2D eigenvalue weighted by Gasteiger charge is -2.34. The number of benzene rings is 2. The first-order valence-electron chi connectivity index (χ1n) is 11.5. The van der Waals surface area contributed by atoms with Gasteiger partial charge in [-0.05, 0) is 58.3 Å². The first-order valence-corrected chi connectivity index (χ1v) is 12.4. The number of amides is 2. The van der Waals surface area contributed by atoms with E-state index in [2.05, 4.69) is 46.8 Å². The van der Waals surface area contributed by atoms with Crippen LogP contribution in [0.15, 0.2) is 53.7 Å². The van der Waals surface area contributed by atoms with E-state index in [0.717, 1.165) is 5.69 Å². The highest BCUT2D eigenvalue weighted by Crippen LogP contribution is 2.21. The van der Waals surface area contributed by atoms with Crippen molar-refractivity contribution in [3.8, 4) is 5.69 Å². The molecule has 0 bridgehead atoms. The number of rotatable bonds is 8. The van der Waals surface area contributed by atoms with Crippen LogP contribution in [0.25, 0.3) is 5.69 Å². The predicted molar refractivity (Wildman–Crippen MR) is 132 cm³/mol. The van der Waals surface area contributed by atoms with Gasteiger partial charge in [0.1, 0.15) is 5.82 Å². The maximum atomic E-state index is 13.0. The molecular formula is C24H28FN7O2S. The molecule has 0 atom stereocenters. The number of tetrazole rings is 1. The summed E-state index contributed by atoms with van der Waals surface area (Å²) < 4.78 is 14.6. The number of anilines is 1. The highest BCUT2D eigenvalue weighted by Gasteiger charge is 2.23. The molecule has 35 heavy (non-hydrogen) atoms. The number of nitrogens with one attached hydrogen (secondary N) is 1. The van der Waals surface area contributed by atoms with Crippen molar-refractivity contribution in [1.82, 2.24) is 30.0 Å². The van der Waals surface area contributed by atoms with Crippen molar-refractivity contribution in [2.24, 2.45) is 0 Å². The third kappa shape index (κ3) is 6.64. The first-order chi connectivity index (χ1) is 16.9.